The molecular formula is C19H22O3Si. The maximum Gasteiger partial charge on any atom is 0.224 e. The Morgan fingerprint density at radius 1 is 1.00 bits per heavy atom. The van der Waals surface area contributed by atoms with Gasteiger partial charge in [-0.15, -0.1) is 0 Å². The predicted molar refractivity (Wildman–Crippen MR) is 95.8 cm³/mol. The molecule has 0 unspecified atom stereocenters. The summed E-state index contributed by atoms with van der Waals surface area (Å²) >= 11 is 0. The molecule has 120 valence electrons. The van der Waals surface area contributed by atoms with E-state index < -0.39 is 8.32 Å². The summed E-state index contributed by atoms with van der Waals surface area (Å²) < 4.78 is 10.8. The summed E-state index contributed by atoms with van der Waals surface area (Å²) in [5, 5.41) is 0. The summed E-state index contributed by atoms with van der Waals surface area (Å²) in [6, 6.07) is 17.7. The zero-order valence-electron chi connectivity index (χ0n) is 13.8. The Morgan fingerprint density at radius 2 is 1.61 bits per heavy atom. The van der Waals surface area contributed by atoms with Gasteiger partial charge in [-0.25, -0.2) is 0 Å². The largest absolute Gasteiger partial charge is 0.502 e. The van der Waals surface area contributed by atoms with E-state index in [1.807, 2.05) is 54.6 Å². The van der Waals surface area contributed by atoms with Gasteiger partial charge in [0.1, 0.15) is 6.23 Å². The van der Waals surface area contributed by atoms with Gasteiger partial charge in [0.15, 0.2) is 5.78 Å². The van der Waals surface area contributed by atoms with Gasteiger partial charge in [-0.2, -0.15) is 0 Å². The maximum atomic E-state index is 12.1. The molecule has 2 aromatic carbocycles. The van der Waals surface area contributed by atoms with Crippen LogP contribution in [-0.4, -0.2) is 27.4 Å². The van der Waals surface area contributed by atoms with Crippen LogP contribution in [0.2, 0.25) is 13.1 Å². The van der Waals surface area contributed by atoms with Crippen molar-refractivity contribution in [2.75, 3.05) is 13.3 Å². The minimum absolute atomic E-state index is 0.0681. The Balaban J connectivity index is 1.95. The molecule has 4 heteroatoms. The van der Waals surface area contributed by atoms with Crippen molar-refractivity contribution >= 4 is 14.1 Å². The summed E-state index contributed by atoms with van der Waals surface area (Å²) in [5.74, 6) is -0.0681. The van der Waals surface area contributed by atoms with Crippen molar-refractivity contribution in [2.45, 2.75) is 13.1 Å². The summed E-state index contributed by atoms with van der Waals surface area (Å²) in [7, 11) is -0.0651. The molecule has 0 aliphatic rings. The Kier molecular flexibility index (Phi) is 5.90. The van der Waals surface area contributed by atoms with E-state index >= 15 is 0 Å². The van der Waals surface area contributed by atoms with Crippen molar-refractivity contribution in [3.63, 3.8) is 0 Å². The summed E-state index contributed by atoms with van der Waals surface area (Å²) in [4.78, 5) is 12.1. The zero-order chi connectivity index (χ0) is 16.7. The van der Waals surface area contributed by atoms with E-state index in [4.69, 9.17) is 9.16 Å². The normalized spacial score (nSPS) is 11.6. The van der Waals surface area contributed by atoms with Crippen molar-refractivity contribution in [3.05, 3.63) is 72.5 Å². The van der Waals surface area contributed by atoms with Gasteiger partial charge in [-0.05, 0) is 24.2 Å². The number of hydrogen-bond acceptors (Lipinski definition) is 3. The summed E-state index contributed by atoms with van der Waals surface area (Å²) in [6.07, 6.45) is 3.44. The number of benzene rings is 2. The Hall–Kier alpha value is -2.17. The van der Waals surface area contributed by atoms with Crippen molar-refractivity contribution in [1.82, 2.24) is 0 Å². The van der Waals surface area contributed by atoms with E-state index in [2.05, 4.69) is 13.1 Å². The molecular weight excluding hydrogens is 304 g/mol. The Labute approximate surface area is 138 Å². The van der Waals surface area contributed by atoms with Crippen LogP contribution in [0, 0.1) is 0 Å². The molecule has 0 bridgehead atoms. The topological polar surface area (TPSA) is 35.5 Å². The van der Waals surface area contributed by atoms with Crippen LogP contribution in [0.1, 0.15) is 10.4 Å². The number of rotatable bonds is 7. The third-order valence-corrected chi connectivity index (χ3v) is 5.54. The minimum atomic E-state index is -1.76. The molecule has 0 aliphatic carbocycles. The SMILES string of the molecule is CO[Si](C)(C)CO/C=C/C(=O)c1ccc(-c2ccccc2)cc1. The van der Waals surface area contributed by atoms with Crippen LogP contribution < -0.4 is 0 Å². The molecule has 0 saturated heterocycles. The standard InChI is InChI=1S/C19H22O3Si/c1-21-23(2,3)15-22-14-13-19(20)18-11-9-17(10-12-18)16-7-5-4-6-8-16/h4-14H,15H2,1-3H3/b14-13+. The van der Waals surface area contributed by atoms with E-state index in [1.54, 1.807) is 7.11 Å². The molecule has 0 saturated carbocycles. The number of allylic oxidation sites excluding steroid dienone is 1. The van der Waals surface area contributed by atoms with Crippen molar-refractivity contribution in [1.29, 1.82) is 0 Å². The van der Waals surface area contributed by atoms with Gasteiger partial charge in [-0.3, -0.25) is 4.79 Å². The first-order chi connectivity index (χ1) is 11.0. The van der Waals surface area contributed by atoms with Gasteiger partial charge in [-0.1, -0.05) is 54.6 Å². The van der Waals surface area contributed by atoms with Crippen LogP contribution in [0.4, 0.5) is 0 Å². The van der Waals surface area contributed by atoms with Crippen LogP contribution >= 0.6 is 0 Å². The second kappa shape index (κ2) is 7.90. The smallest absolute Gasteiger partial charge is 0.224 e. The second-order valence-corrected chi connectivity index (χ2v) is 10.1. The second-order valence-electron chi connectivity index (χ2n) is 5.89. The highest BCUT2D eigenvalue weighted by Crippen LogP contribution is 2.19. The molecule has 0 amide bonds. The van der Waals surface area contributed by atoms with E-state index in [1.165, 1.54) is 12.3 Å². The van der Waals surface area contributed by atoms with Crippen molar-refractivity contribution < 1.29 is 14.0 Å². The molecule has 0 atom stereocenters. The Bertz CT molecular complexity index is 661. The number of ketones is 1. The van der Waals surface area contributed by atoms with Crippen molar-refractivity contribution in [2.24, 2.45) is 0 Å². The quantitative estimate of drug-likeness (QED) is 0.326. The first-order valence-corrected chi connectivity index (χ1v) is 10.7. The molecule has 0 aromatic heterocycles. The minimum Gasteiger partial charge on any atom is -0.502 e. The van der Waals surface area contributed by atoms with Gasteiger partial charge in [0.2, 0.25) is 8.32 Å². The predicted octanol–water partition coefficient (Wildman–Crippen LogP) is 4.46. The van der Waals surface area contributed by atoms with Gasteiger partial charge < -0.3 is 9.16 Å². The highest BCUT2D eigenvalue weighted by Gasteiger charge is 2.20. The van der Waals surface area contributed by atoms with E-state index in [0.29, 0.717) is 11.8 Å². The van der Waals surface area contributed by atoms with Crippen LogP contribution in [0.25, 0.3) is 11.1 Å². The van der Waals surface area contributed by atoms with Gasteiger partial charge >= 0.3 is 0 Å². The summed E-state index contributed by atoms with van der Waals surface area (Å²) in [6.45, 7) is 4.12. The van der Waals surface area contributed by atoms with Crippen LogP contribution in [-0.2, 0) is 9.16 Å². The first-order valence-electron chi connectivity index (χ1n) is 7.55. The highest BCUT2D eigenvalue weighted by molar-refractivity contribution is 6.71. The third kappa shape index (κ3) is 5.19. The van der Waals surface area contributed by atoms with Gasteiger partial charge in [0, 0.05) is 18.7 Å². The average Bonchev–Trinajstić information content (AvgIpc) is 2.59. The van der Waals surface area contributed by atoms with E-state index in [0.717, 1.165) is 11.1 Å². The third-order valence-electron chi connectivity index (χ3n) is 3.58. The molecule has 2 aromatic rings. The van der Waals surface area contributed by atoms with Gasteiger partial charge in [0.25, 0.3) is 0 Å². The fourth-order valence-electron chi connectivity index (χ4n) is 1.97. The fraction of sp³-hybridized carbons (Fsp3) is 0.211. The zero-order valence-corrected chi connectivity index (χ0v) is 14.8. The lowest BCUT2D eigenvalue weighted by Gasteiger charge is -2.18. The van der Waals surface area contributed by atoms with Crippen LogP contribution in [0.15, 0.2) is 66.9 Å². The molecule has 0 heterocycles. The molecule has 0 N–H and O–H groups in total. The van der Waals surface area contributed by atoms with E-state index in [-0.39, 0.29) is 5.78 Å². The van der Waals surface area contributed by atoms with Crippen molar-refractivity contribution in [3.8, 4) is 11.1 Å². The molecule has 0 radical (unpaired) electrons. The number of carbonyl (C=O) groups is 1. The fourth-order valence-corrected chi connectivity index (χ4v) is 2.59. The monoisotopic (exact) mass is 326 g/mol. The Morgan fingerprint density at radius 3 is 2.22 bits per heavy atom. The number of ether oxygens (including phenoxy) is 1. The molecule has 3 nitrogen and oxygen atoms in total. The first kappa shape index (κ1) is 17.2. The van der Waals surface area contributed by atoms with Crippen LogP contribution in [0.5, 0.6) is 0 Å². The molecule has 23 heavy (non-hydrogen) atoms. The van der Waals surface area contributed by atoms with Crippen LogP contribution in [0.3, 0.4) is 0 Å². The average molecular weight is 326 g/mol. The number of hydrogen-bond donors (Lipinski definition) is 0. The molecule has 2 rings (SSSR count). The van der Waals surface area contributed by atoms with E-state index in [9.17, 15) is 4.79 Å². The lowest BCUT2D eigenvalue weighted by Crippen LogP contribution is -2.34. The summed E-state index contributed by atoms with van der Waals surface area (Å²) in [5.41, 5.74) is 2.88. The molecule has 0 fully saturated rings. The number of carbonyl (C=O) groups excluding carboxylic acids is 1. The lowest BCUT2D eigenvalue weighted by atomic mass is 10.0. The van der Waals surface area contributed by atoms with Gasteiger partial charge in [0.05, 0.1) is 6.26 Å². The molecule has 0 aliphatic heterocycles. The molecule has 0 spiro atoms. The maximum absolute atomic E-state index is 12.1. The lowest BCUT2D eigenvalue weighted by molar-refractivity contribution is 0.104. The highest BCUT2D eigenvalue weighted by atomic mass is 28.4.